The van der Waals surface area contributed by atoms with Gasteiger partial charge in [-0.25, -0.2) is 8.78 Å². The number of hydrogen-bond acceptors (Lipinski definition) is 2. The highest BCUT2D eigenvalue weighted by Crippen LogP contribution is 2.17. The highest BCUT2D eigenvalue weighted by atomic mass is 19.1. The van der Waals surface area contributed by atoms with Crippen LogP contribution in [0.1, 0.15) is 25.7 Å². The lowest BCUT2D eigenvalue weighted by atomic mass is 10.2. The van der Waals surface area contributed by atoms with Gasteiger partial charge in [-0.15, -0.1) is 0 Å². The maximum absolute atomic E-state index is 14.5. The first-order valence-corrected chi connectivity index (χ1v) is 10.1. The molecule has 3 rings (SSSR count). The van der Waals surface area contributed by atoms with Crippen LogP contribution in [-0.2, 0) is 11.3 Å². The number of nitrogens with zero attached hydrogens (tertiary/aromatic N) is 2. The first-order valence-electron chi connectivity index (χ1n) is 10.1. The number of halogens is 2. The molecular weight excluding hydrogens is 398 g/mol. The van der Waals surface area contributed by atoms with Gasteiger partial charge in [0.05, 0.1) is 11.2 Å². The SMILES string of the molecule is C=c1\c(=C/C=C/C=N/c2ccccc2)n(CCCCCC(=O)O)c2cc(F)cc(F)c12. The summed E-state index contributed by atoms with van der Waals surface area (Å²) in [6.07, 6.45) is 9.07. The number of benzene rings is 2. The normalized spacial score (nSPS) is 12.5. The van der Waals surface area contributed by atoms with Gasteiger partial charge in [0, 0.05) is 41.2 Å². The van der Waals surface area contributed by atoms with Gasteiger partial charge in [0.2, 0.25) is 0 Å². The van der Waals surface area contributed by atoms with Crippen LogP contribution in [0.5, 0.6) is 0 Å². The predicted molar refractivity (Wildman–Crippen MR) is 121 cm³/mol. The predicted octanol–water partition coefficient (Wildman–Crippen LogP) is 4.71. The zero-order chi connectivity index (χ0) is 22.2. The van der Waals surface area contributed by atoms with Crippen molar-refractivity contribution in [1.82, 2.24) is 4.57 Å². The highest BCUT2D eigenvalue weighted by molar-refractivity contribution is 5.83. The van der Waals surface area contributed by atoms with Gasteiger partial charge in [-0.2, -0.15) is 0 Å². The summed E-state index contributed by atoms with van der Waals surface area (Å²) in [4.78, 5) is 15.0. The molecule has 1 heterocycles. The molecule has 0 aliphatic heterocycles. The third-order valence-corrected chi connectivity index (χ3v) is 4.93. The number of aromatic nitrogens is 1. The molecule has 31 heavy (non-hydrogen) atoms. The van der Waals surface area contributed by atoms with Gasteiger partial charge in [-0.3, -0.25) is 9.79 Å². The van der Waals surface area contributed by atoms with Crippen molar-refractivity contribution in [2.45, 2.75) is 32.2 Å². The fourth-order valence-corrected chi connectivity index (χ4v) is 3.49. The van der Waals surface area contributed by atoms with Crippen LogP contribution in [0, 0.1) is 11.6 Å². The van der Waals surface area contributed by atoms with Gasteiger partial charge in [0.15, 0.2) is 0 Å². The van der Waals surface area contributed by atoms with Crippen LogP contribution in [0.3, 0.4) is 0 Å². The second kappa shape index (κ2) is 10.5. The number of allylic oxidation sites excluding steroid dienone is 2. The summed E-state index contributed by atoms with van der Waals surface area (Å²) in [6.45, 7) is 4.52. The molecule has 0 amide bonds. The average Bonchev–Trinajstić information content (AvgIpc) is 2.99. The number of aliphatic imine (C=N–C) groups is 1. The Hall–Kier alpha value is -3.54. The van der Waals surface area contributed by atoms with E-state index in [9.17, 15) is 13.6 Å². The molecule has 3 aromatic rings. The zero-order valence-electron chi connectivity index (χ0n) is 17.1. The summed E-state index contributed by atoms with van der Waals surface area (Å²) in [7, 11) is 0. The summed E-state index contributed by atoms with van der Waals surface area (Å²) >= 11 is 0. The van der Waals surface area contributed by atoms with Crippen LogP contribution in [0.2, 0.25) is 0 Å². The first kappa shape index (κ1) is 22.2. The Morgan fingerprint density at radius 1 is 1.10 bits per heavy atom. The van der Waals surface area contributed by atoms with Gasteiger partial charge >= 0.3 is 5.97 Å². The summed E-state index contributed by atoms with van der Waals surface area (Å²) in [6, 6.07) is 11.7. The third kappa shape index (κ3) is 5.75. The fraction of sp³-hybridized carbons (Fsp3) is 0.200. The number of rotatable bonds is 9. The van der Waals surface area contributed by atoms with Crippen LogP contribution in [-0.4, -0.2) is 21.9 Å². The molecule has 2 aromatic carbocycles. The molecule has 0 aliphatic rings. The molecule has 0 fully saturated rings. The second-order valence-electron chi connectivity index (χ2n) is 7.17. The maximum Gasteiger partial charge on any atom is 0.303 e. The van der Waals surface area contributed by atoms with Crippen LogP contribution in [0.25, 0.3) is 23.6 Å². The molecular formula is C25H24F2N2O2. The number of aliphatic carboxylic acids is 1. The van der Waals surface area contributed by atoms with Crippen molar-refractivity contribution in [2.24, 2.45) is 4.99 Å². The smallest absolute Gasteiger partial charge is 0.303 e. The molecule has 160 valence electrons. The van der Waals surface area contributed by atoms with E-state index in [1.807, 2.05) is 34.9 Å². The molecule has 4 nitrogen and oxygen atoms in total. The second-order valence-corrected chi connectivity index (χ2v) is 7.17. The molecule has 1 aromatic heterocycles. The number of fused-ring (bicyclic) bond motifs is 1. The molecule has 0 aliphatic carbocycles. The van der Waals surface area contributed by atoms with Crippen molar-refractivity contribution in [2.75, 3.05) is 0 Å². The van der Waals surface area contributed by atoms with Gasteiger partial charge in [0.1, 0.15) is 11.6 Å². The summed E-state index contributed by atoms with van der Waals surface area (Å²) in [5.41, 5.74) is 1.27. The number of hydrogen-bond donors (Lipinski definition) is 1. The Balaban J connectivity index is 1.90. The van der Waals surface area contributed by atoms with E-state index in [0.29, 0.717) is 47.3 Å². The van der Waals surface area contributed by atoms with E-state index in [4.69, 9.17) is 5.11 Å². The molecule has 0 saturated carbocycles. The summed E-state index contributed by atoms with van der Waals surface area (Å²) in [5.74, 6) is -2.12. The van der Waals surface area contributed by atoms with Crippen LogP contribution >= 0.6 is 0 Å². The summed E-state index contributed by atoms with van der Waals surface area (Å²) < 4.78 is 30.2. The van der Waals surface area contributed by atoms with Crippen LogP contribution in [0.4, 0.5) is 14.5 Å². The van der Waals surface area contributed by atoms with Crippen molar-refractivity contribution in [3.05, 3.63) is 76.8 Å². The Morgan fingerprint density at radius 2 is 1.87 bits per heavy atom. The van der Waals surface area contributed by atoms with E-state index in [-0.39, 0.29) is 6.42 Å². The molecule has 0 atom stereocenters. The maximum atomic E-state index is 14.5. The Morgan fingerprint density at radius 3 is 2.61 bits per heavy atom. The first-order chi connectivity index (χ1) is 15.0. The van der Waals surface area contributed by atoms with Gasteiger partial charge in [-0.1, -0.05) is 37.3 Å². The lowest BCUT2D eigenvalue weighted by Gasteiger charge is -2.06. The van der Waals surface area contributed by atoms with Gasteiger partial charge < -0.3 is 9.67 Å². The number of carboxylic acid groups (broad SMARTS) is 1. The van der Waals surface area contributed by atoms with Crippen LogP contribution < -0.4 is 10.6 Å². The molecule has 6 heteroatoms. The minimum absolute atomic E-state index is 0.110. The van der Waals surface area contributed by atoms with E-state index in [2.05, 4.69) is 11.6 Å². The molecule has 0 saturated heterocycles. The number of unbranched alkanes of at least 4 members (excludes halogenated alkanes) is 2. The van der Waals surface area contributed by atoms with Gasteiger partial charge in [0.25, 0.3) is 0 Å². The van der Waals surface area contributed by atoms with E-state index in [1.165, 1.54) is 6.07 Å². The van der Waals surface area contributed by atoms with E-state index in [0.717, 1.165) is 11.8 Å². The quantitative estimate of drug-likeness (QED) is 0.401. The number of carbonyl (C=O) groups is 1. The van der Waals surface area contributed by atoms with Gasteiger partial charge in [-0.05, 0) is 43.2 Å². The molecule has 0 bridgehead atoms. The van der Waals surface area contributed by atoms with E-state index in [1.54, 1.807) is 24.4 Å². The fourth-order valence-electron chi connectivity index (χ4n) is 3.49. The Bertz CT molecular complexity index is 1230. The summed E-state index contributed by atoms with van der Waals surface area (Å²) in [5, 5.41) is 10.2. The van der Waals surface area contributed by atoms with E-state index >= 15 is 0 Å². The average molecular weight is 422 g/mol. The molecule has 1 N–H and O–H groups in total. The molecule has 0 unspecified atom stereocenters. The monoisotopic (exact) mass is 422 g/mol. The largest absolute Gasteiger partial charge is 0.481 e. The van der Waals surface area contributed by atoms with E-state index < -0.39 is 17.6 Å². The lowest BCUT2D eigenvalue weighted by Crippen LogP contribution is -2.28. The standard InChI is InChI=1S/C25H24F2N2O2/c1-18-22(12-7-8-14-28-20-10-4-2-5-11-20)29(15-9-3-6-13-24(30)31)23-17-19(26)16-21(27)25(18)23/h2,4-5,7-8,10-12,14,16-17H,1,3,6,9,13,15H2,(H,30,31)/b8-7+,22-12+,28-14+. The third-order valence-electron chi connectivity index (χ3n) is 4.93. The molecule has 0 radical (unpaired) electrons. The lowest BCUT2D eigenvalue weighted by molar-refractivity contribution is -0.137. The Labute approximate surface area is 179 Å². The molecule has 0 spiro atoms. The topological polar surface area (TPSA) is 54.6 Å². The number of para-hydroxylation sites is 1. The van der Waals surface area contributed by atoms with Crippen molar-refractivity contribution in [3.63, 3.8) is 0 Å². The Kier molecular flexibility index (Phi) is 7.49. The van der Waals surface area contributed by atoms with Crippen molar-refractivity contribution < 1.29 is 18.7 Å². The number of carboxylic acids is 1. The van der Waals surface area contributed by atoms with Crippen molar-refractivity contribution in [1.29, 1.82) is 0 Å². The van der Waals surface area contributed by atoms with Crippen molar-refractivity contribution >= 4 is 41.4 Å². The van der Waals surface area contributed by atoms with Crippen molar-refractivity contribution in [3.8, 4) is 0 Å². The number of aryl methyl sites for hydroxylation is 1. The van der Waals surface area contributed by atoms with Crippen LogP contribution in [0.15, 0.2) is 59.6 Å². The zero-order valence-corrected chi connectivity index (χ0v) is 17.1. The highest BCUT2D eigenvalue weighted by Gasteiger charge is 2.12. The minimum atomic E-state index is -0.827. The minimum Gasteiger partial charge on any atom is -0.481 e.